The van der Waals surface area contributed by atoms with Crippen molar-refractivity contribution >= 4 is 11.7 Å². The first-order valence-corrected chi connectivity index (χ1v) is 8.18. The van der Waals surface area contributed by atoms with E-state index < -0.39 is 17.7 Å². The lowest BCUT2D eigenvalue weighted by molar-refractivity contribution is -0.137. The molecule has 5 nitrogen and oxygen atoms in total. The van der Waals surface area contributed by atoms with Crippen LogP contribution in [0.15, 0.2) is 35.1 Å². The van der Waals surface area contributed by atoms with Crippen LogP contribution in [0.1, 0.15) is 45.0 Å². The number of carbonyl (C=O) groups is 2. The zero-order chi connectivity index (χ0) is 18.9. The Hall–Kier alpha value is -2.64. The van der Waals surface area contributed by atoms with Crippen LogP contribution < -0.4 is 0 Å². The summed E-state index contributed by atoms with van der Waals surface area (Å²) in [5, 5.41) is 0. The van der Waals surface area contributed by atoms with E-state index in [1.54, 1.807) is 6.92 Å². The molecule has 1 aliphatic rings. The van der Waals surface area contributed by atoms with Crippen LogP contribution in [0, 0.1) is 12.8 Å². The molecule has 0 bridgehead atoms. The fourth-order valence-corrected chi connectivity index (χ4v) is 3.09. The monoisotopic (exact) mass is 366 g/mol. The summed E-state index contributed by atoms with van der Waals surface area (Å²) < 4.78 is 43.0. The van der Waals surface area contributed by atoms with Gasteiger partial charge in [0.05, 0.1) is 11.3 Å². The van der Waals surface area contributed by atoms with Crippen LogP contribution in [0.2, 0.25) is 0 Å². The zero-order valence-electron chi connectivity index (χ0n) is 14.0. The standard InChI is InChI=1S/C18H17F3N2O3/c1-11-16(26-10-22-11)17(25)23-8-2-3-13(9-23)15(24)12-4-6-14(7-5-12)18(19,20)21/h4-7,10,13H,2-3,8-9H2,1H3/t13-/m0/s1. The number of hydrogen-bond donors (Lipinski definition) is 0. The number of alkyl halides is 3. The summed E-state index contributed by atoms with van der Waals surface area (Å²) >= 11 is 0. The minimum atomic E-state index is -4.44. The SMILES string of the molecule is Cc1ncoc1C(=O)N1CCC[C@H](C(=O)c2ccc(C(F)(F)F)cc2)C1. The number of likely N-dealkylation sites (tertiary alicyclic amines) is 1. The zero-order valence-corrected chi connectivity index (χ0v) is 14.0. The second kappa shape index (κ2) is 6.93. The Balaban J connectivity index is 1.72. The van der Waals surface area contributed by atoms with Gasteiger partial charge in [0.25, 0.3) is 5.91 Å². The molecule has 1 saturated heterocycles. The van der Waals surface area contributed by atoms with Gasteiger partial charge in [-0.3, -0.25) is 9.59 Å². The molecule has 0 aliphatic carbocycles. The molecule has 2 heterocycles. The number of carbonyl (C=O) groups excluding carboxylic acids is 2. The highest BCUT2D eigenvalue weighted by Gasteiger charge is 2.33. The van der Waals surface area contributed by atoms with Gasteiger partial charge in [0, 0.05) is 24.6 Å². The Kier molecular flexibility index (Phi) is 4.84. The Bertz CT molecular complexity index is 812. The molecule has 0 radical (unpaired) electrons. The summed E-state index contributed by atoms with van der Waals surface area (Å²) in [6.45, 7) is 2.36. The number of oxazole rings is 1. The van der Waals surface area contributed by atoms with Crippen molar-refractivity contribution in [1.29, 1.82) is 0 Å². The molecule has 8 heteroatoms. The number of amides is 1. The summed E-state index contributed by atoms with van der Waals surface area (Å²) in [7, 11) is 0. The molecule has 1 aliphatic heterocycles. The van der Waals surface area contributed by atoms with E-state index in [0.717, 1.165) is 12.1 Å². The minimum absolute atomic E-state index is 0.146. The molecule has 1 aromatic heterocycles. The molecule has 0 saturated carbocycles. The number of rotatable bonds is 3. The molecule has 0 unspecified atom stereocenters. The second-order valence-electron chi connectivity index (χ2n) is 6.30. The Morgan fingerprint density at radius 2 is 1.92 bits per heavy atom. The van der Waals surface area contributed by atoms with Crippen LogP contribution in [-0.2, 0) is 6.18 Å². The molecule has 0 spiro atoms. The molecular weight excluding hydrogens is 349 g/mol. The molecule has 1 atom stereocenters. The van der Waals surface area contributed by atoms with Gasteiger partial charge >= 0.3 is 6.18 Å². The van der Waals surface area contributed by atoms with Gasteiger partial charge in [-0.1, -0.05) is 12.1 Å². The van der Waals surface area contributed by atoms with Gasteiger partial charge in [0.2, 0.25) is 5.76 Å². The predicted molar refractivity (Wildman–Crippen MR) is 85.6 cm³/mol. The maximum atomic E-state index is 12.6. The summed E-state index contributed by atoms with van der Waals surface area (Å²) in [6.07, 6.45) is -2.03. The fraction of sp³-hybridized carbons (Fsp3) is 0.389. The first-order chi connectivity index (χ1) is 12.3. The Morgan fingerprint density at radius 3 is 2.50 bits per heavy atom. The first kappa shape index (κ1) is 18.2. The number of nitrogens with zero attached hydrogens (tertiary/aromatic N) is 2. The summed E-state index contributed by atoms with van der Waals surface area (Å²) in [6, 6.07) is 4.17. The van der Waals surface area contributed by atoms with Gasteiger partial charge in [0.15, 0.2) is 12.2 Å². The lowest BCUT2D eigenvalue weighted by Crippen LogP contribution is -2.42. The van der Waals surface area contributed by atoms with Gasteiger partial charge < -0.3 is 9.32 Å². The highest BCUT2D eigenvalue weighted by molar-refractivity contribution is 5.99. The molecule has 2 aromatic rings. The van der Waals surface area contributed by atoms with Crippen molar-refractivity contribution in [2.75, 3.05) is 13.1 Å². The largest absolute Gasteiger partial charge is 0.438 e. The van der Waals surface area contributed by atoms with E-state index in [0.29, 0.717) is 25.1 Å². The van der Waals surface area contributed by atoms with E-state index in [1.165, 1.54) is 23.4 Å². The number of halogens is 3. The van der Waals surface area contributed by atoms with Crippen molar-refractivity contribution in [1.82, 2.24) is 9.88 Å². The first-order valence-electron chi connectivity index (χ1n) is 8.18. The van der Waals surface area contributed by atoms with Gasteiger partial charge in [-0.15, -0.1) is 0 Å². The maximum absolute atomic E-state index is 12.6. The molecule has 1 fully saturated rings. The number of Topliss-reactive ketones (excluding diaryl/α,β-unsaturated/α-hetero) is 1. The third-order valence-electron chi connectivity index (χ3n) is 4.52. The lowest BCUT2D eigenvalue weighted by Gasteiger charge is -2.31. The van der Waals surface area contributed by atoms with E-state index in [2.05, 4.69) is 4.98 Å². The average molecular weight is 366 g/mol. The van der Waals surface area contributed by atoms with E-state index >= 15 is 0 Å². The van der Waals surface area contributed by atoms with Crippen molar-refractivity contribution in [2.24, 2.45) is 5.92 Å². The second-order valence-corrected chi connectivity index (χ2v) is 6.30. The van der Waals surface area contributed by atoms with Gasteiger partial charge in [-0.05, 0) is 31.9 Å². The molecule has 3 rings (SSSR count). The van der Waals surface area contributed by atoms with E-state index in [4.69, 9.17) is 4.42 Å². The smallest absolute Gasteiger partial charge is 0.416 e. The van der Waals surface area contributed by atoms with Crippen molar-refractivity contribution in [3.8, 4) is 0 Å². The maximum Gasteiger partial charge on any atom is 0.416 e. The fourth-order valence-electron chi connectivity index (χ4n) is 3.09. The third-order valence-corrected chi connectivity index (χ3v) is 4.52. The number of aryl methyl sites for hydroxylation is 1. The van der Waals surface area contributed by atoms with Crippen LogP contribution in [0.3, 0.4) is 0 Å². The highest BCUT2D eigenvalue weighted by Crippen LogP contribution is 2.30. The van der Waals surface area contributed by atoms with Crippen molar-refractivity contribution in [2.45, 2.75) is 25.9 Å². The number of aromatic nitrogens is 1. The quantitative estimate of drug-likeness (QED) is 0.777. The predicted octanol–water partition coefficient (Wildman–Crippen LogP) is 3.74. The lowest BCUT2D eigenvalue weighted by atomic mass is 9.89. The molecule has 1 aromatic carbocycles. The van der Waals surface area contributed by atoms with Crippen LogP contribution in [0.4, 0.5) is 13.2 Å². The Morgan fingerprint density at radius 1 is 1.23 bits per heavy atom. The van der Waals surface area contributed by atoms with Crippen molar-refractivity contribution in [3.63, 3.8) is 0 Å². The van der Waals surface area contributed by atoms with E-state index in [-0.39, 0.29) is 29.6 Å². The normalized spacial score (nSPS) is 18.0. The van der Waals surface area contributed by atoms with Crippen LogP contribution in [0.25, 0.3) is 0 Å². The third kappa shape index (κ3) is 3.63. The molecule has 1 amide bonds. The van der Waals surface area contributed by atoms with Gasteiger partial charge in [-0.2, -0.15) is 13.2 Å². The summed E-state index contributed by atoms with van der Waals surface area (Å²) in [4.78, 5) is 30.5. The molecule has 0 N–H and O–H groups in total. The summed E-state index contributed by atoms with van der Waals surface area (Å²) in [5.74, 6) is -0.893. The minimum Gasteiger partial charge on any atom is -0.438 e. The van der Waals surface area contributed by atoms with Crippen LogP contribution >= 0.6 is 0 Å². The summed E-state index contributed by atoms with van der Waals surface area (Å²) in [5.41, 5.74) is -0.102. The van der Waals surface area contributed by atoms with Crippen LogP contribution in [-0.4, -0.2) is 34.7 Å². The Labute approximate surface area is 147 Å². The van der Waals surface area contributed by atoms with Crippen molar-refractivity contribution < 1.29 is 27.2 Å². The van der Waals surface area contributed by atoms with Gasteiger partial charge in [0.1, 0.15) is 0 Å². The topological polar surface area (TPSA) is 63.4 Å². The number of piperidine rings is 1. The number of ketones is 1. The molecule has 26 heavy (non-hydrogen) atoms. The highest BCUT2D eigenvalue weighted by atomic mass is 19.4. The number of benzene rings is 1. The van der Waals surface area contributed by atoms with Crippen LogP contribution in [0.5, 0.6) is 0 Å². The molecule has 138 valence electrons. The van der Waals surface area contributed by atoms with Gasteiger partial charge in [-0.25, -0.2) is 4.98 Å². The van der Waals surface area contributed by atoms with Crippen molar-refractivity contribution in [3.05, 3.63) is 53.2 Å². The number of hydrogen-bond acceptors (Lipinski definition) is 4. The van der Waals surface area contributed by atoms with E-state index in [1.807, 2.05) is 0 Å². The average Bonchev–Trinajstić information content (AvgIpc) is 3.06. The van der Waals surface area contributed by atoms with E-state index in [9.17, 15) is 22.8 Å². The molecular formula is C18H17F3N2O3.